The third-order valence-corrected chi connectivity index (χ3v) is 5.07. The van der Waals surface area contributed by atoms with Crippen molar-refractivity contribution in [3.05, 3.63) is 47.7 Å². The van der Waals surface area contributed by atoms with Gasteiger partial charge in [0.15, 0.2) is 0 Å². The Labute approximate surface area is 165 Å². The second kappa shape index (κ2) is 9.40. The Bertz CT molecular complexity index is 814. The highest BCUT2D eigenvalue weighted by atomic mass is 16.5. The number of pyridine rings is 1. The van der Waals surface area contributed by atoms with Gasteiger partial charge in [-0.15, -0.1) is 0 Å². The Kier molecular flexibility index (Phi) is 6.69. The van der Waals surface area contributed by atoms with Crippen LogP contribution >= 0.6 is 0 Å². The van der Waals surface area contributed by atoms with Gasteiger partial charge in [0.05, 0.1) is 19.8 Å². The minimum atomic E-state index is 0.115. The summed E-state index contributed by atoms with van der Waals surface area (Å²) < 4.78 is 10.8. The van der Waals surface area contributed by atoms with Crippen molar-refractivity contribution in [1.29, 1.82) is 5.26 Å². The molecule has 1 aliphatic heterocycles. The predicted molar refractivity (Wildman–Crippen MR) is 107 cm³/mol. The van der Waals surface area contributed by atoms with Gasteiger partial charge in [-0.05, 0) is 36.2 Å². The van der Waals surface area contributed by atoms with E-state index in [0.717, 1.165) is 42.5 Å². The Hall–Kier alpha value is -2.82. The van der Waals surface area contributed by atoms with E-state index in [1.165, 1.54) is 0 Å². The van der Waals surface area contributed by atoms with Gasteiger partial charge in [0.1, 0.15) is 23.4 Å². The zero-order valence-electron chi connectivity index (χ0n) is 16.3. The number of piperazine rings is 1. The number of hydrogen-bond acceptors (Lipinski definition) is 7. The van der Waals surface area contributed by atoms with Crippen LogP contribution in [0.25, 0.3) is 0 Å². The summed E-state index contributed by atoms with van der Waals surface area (Å²) in [7, 11) is 3.29. The number of rotatable bonds is 7. The maximum Gasteiger partial charge on any atom is 0.146 e. The number of methoxy groups -OCH3 is 2. The quantitative estimate of drug-likeness (QED) is 0.785. The number of hydrogen-bond donors (Lipinski definition) is 1. The number of benzene rings is 1. The topological polar surface area (TPSA) is 81.9 Å². The smallest absolute Gasteiger partial charge is 0.146 e. The van der Waals surface area contributed by atoms with E-state index in [9.17, 15) is 10.4 Å². The highest BCUT2D eigenvalue weighted by Gasteiger charge is 2.28. The molecule has 0 saturated carbocycles. The number of aliphatic hydroxyl groups excluding tert-OH is 1. The Balaban J connectivity index is 1.78. The average Bonchev–Trinajstić information content (AvgIpc) is 2.74. The Morgan fingerprint density at radius 2 is 1.96 bits per heavy atom. The van der Waals surface area contributed by atoms with Crippen molar-refractivity contribution in [2.45, 2.75) is 19.0 Å². The molecule has 3 rings (SSSR count). The van der Waals surface area contributed by atoms with E-state index in [0.29, 0.717) is 18.5 Å². The first-order valence-corrected chi connectivity index (χ1v) is 9.35. The van der Waals surface area contributed by atoms with Crippen molar-refractivity contribution in [3.8, 4) is 17.6 Å². The fourth-order valence-corrected chi connectivity index (χ4v) is 3.64. The molecule has 2 aromatic rings. The van der Waals surface area contributed by atoms with Gasteiger partial charge >= 0.3 is 0 Å². The van der Waals surface area contributed by atoms with Gasteiger partial charge in [-0.2, -0.15) is 5.26 Å². The first-order chi connectivity index (χ1) is 13.7. The van der Waals surface area contributed by atoms with E-state index in [1.54, 1.807) is 32.5 Å². The molecule has 28 heavy (non-hydrogen) atoms. The van der Waals surface area contributed by atoms with E-state index < -0.39 is 0 Å². The number of aliphatic hydroxyl groups is 1. The number of anilines is 1. The molecule has 1 aromatic carbocycles. The minimum absolute atomic E-state index is 0.115. The van der Waals surface area contributed by atoms with Crippen molar-refractivity contribution in [1.82, 2.24) is 9.88 Å². The summed E-state index contributed by atoms with van der Waals surface area (Å²) >= 11 is 0. The lowest BCUT2D eigenvalue weighted by Gasteiger charge is -2.42. The number of nitrogens with zero attached hydrogens (tertiary/aromatic N) is 4. The molecule has 0 bridgehead atoms. The molecular weight excluding hydrogens is 356 g/mol. The molecule has 0 aliphatic carbocycles. The molecule has 0 radical (unpaired) electrons. The van der Waals surface area contributed by atoms with E-state index in [2.05, 4.69) is 20.9 Å². The largest absolute Gasteiger partial charge is 0.497 e. The molecule has 1 atom stereocenters. The first-order valence-electron chi connectivity index (χ1n) is 9.35. The fraction of sp³-hybridized carbons (Fsp3) is 0.429. The lowest BCUT2D eigenvalue weighted by atomic mass is 10.1. The van der Waals surface area contributed by atoms with Crippen LogP contribution in [0.5, 0.6) is 11.5 Å². The highest BCUT2D eigenvalue weighted by Crippen LogP contribution is 2.26. The van der Waals surface area contributed by atoms with Gasteiger partial charge in [-0.25, -0.2) is 4.98 Å². The van der Waals surface area contributed by atoms with Crippen LogP contribution in [-0.2, 0) is 6.54 Å². The third kappa shape index (κ3) is 4.53. The molecule has 7 nitrogen and oxygen atoms in total. The Morgan fingerprint density at radius 1 is 1.21 bits per heavy atom. The standard InChI is InChI=1S/C21H26N4O3/c1-27-19-10-16(11-20(12-19)28-2)14-24-7-8-25(15-18(24)5-9-26)21-17(13-22)4-3-6-23-21/h3-4,6,10-12,18,26H,5,7-9,14-15H2,1-2H3/t18-/m1/s1. The molecule has 2 heterocycles. The fourth-order valence-electron chi connectivity index (χ4n) is 3.64. The number of aromatic nitrogens is 1. The number of nitriles is 1. The summed E-state index contributed by atoms with van der Waals surface area (Å²) in [6.07, 6.45) is 2.37. The molecular formula is C21H26N4O3. The molecule has 0 spiro atoms. The van der Waals surface area contributed by atoms with E-state index in [-0.39, 0.29) is 12.6 Å². The van der Waals surface area contributed by atoms with Crippen LogP contribution in [0.3, 0.4) is 0 Å². The van der Waals surface area contributed by atoms with Gasteiger partial charge in [0, 0.05) is 51.1 Å². The van der Waals surface area contributed by atoms with E-state index in [1.807, 2.05) is 18.2 Å². The Morgan fingerprint density at radius 3 is 2.61 bits per heavy atom. The van der Waals surface area contributed by atoms with Gasteiger partial charge in [-0.3, -0.25) is 4.90 Å². The summed E-state index contributed by atoms with van der Waals surface area (Å²) in [5.41, 5.74) is 1.68. The summed E-state index contributed by atoms with van der Waals surface area (Å²) in [4.78, 5) is 8.91. The summed E-state index contributed by atoms with van der Waals surface area (Å²) in [6.45, 7) is 3.15. The predicted octanol–water partition coefficient (Wildman–Crippen LogP) is 2.04. The molecule has 7 heteroatoms. The molecule has 0 amide bonds. The van der Waals surface area contributed by atoms with Crippen LogP contribution in [0.4, 0.5) is 5.82 Å². The molecule has 1 fully saturated rings. The van der Waals surface area contributed by atoms with E-state index in [4.69, 9.17) is 9.47 Å². The second-order valence-corrected chi connectivity index (χ2v) is 6.79. The van der Waals surface area contributed by atoms with Crippen LogP contribution < -0.4 is 14.4 Å². The SMILES string of the molecule is COc1cc(CN2CCN(c3ncccc3C#N)C[C@H]2CCO)cc(OC)c1. The van der Waals surface area contributed by atoms with Crippen LogP contribution in [0.15, 0.2) is 36.5 Å². The van der Waals surface area contributed by atoms with Crippen molar-refractivity contribution >= 4 is 5.82 Å². The van der Waals surface area contributed by atoms with Crippen LogP contribution in [0.2, 0.25) is 0 Å². The van der Waals surface area contributed by atoms with Crippen molar-refractivity contribution in [2.75, 3.05) is 45.4 Å². The molecule has 1 aliphatic rings. The monoisotopic (exact) mass is 382 g/mol. The van der Waals surface area contributed by atoms with Crippen LogP contribution in [-0.4, -0.2) is 61.5 Å². The summed E-state index contributed by atoms with van der Waals surface area (Å²) in [5, 5.41) is 18.9. The van der Waals surface area contributed by atoms with Crippen molar-refractivity contribution in [3.63, 3.8) is 0 Å². The molecule has 1 saturated heterocycles. The van der Waals surface area contributed by atoms with Gasteiger partial charge in [0.25, 0.3) is 0 Å². The van der Waals surface area contributed by atoms with Crippen LogP contribution in [0.1, 0.15) is 17.5 Å². The second-order valence-electron chi connectivity index (χ2n) is 6.79. The van der Waals surface area contributed by atoms with Crippen molar-refractivity contribution < 1.29 is 14.6 Å². The molecule has 1 aromatic heterocycles. The maximum absolute atomic E-state index is 9.57. The average molecular weight is 382 g/mol. The minimum Gasteiger partial charge on any atom is -0.497 e. The molecule has 0 unspecified atom stereocenters. The van der Waals surface area contributed by atoms with Crippen LogP contribution in [0, 0.1) is 11.3 Å². The maximum atomic E-state index is 9.57. The normalized spacial score (nSPS) is 17.2. The van der Waals surface area contributed by atoms with Gasteiger partial charge in [0.2, 0.25) is 0 Å². The molecule has 148 valence electrons. The zero-order valence-corrected chi connectivity index (χ0v) is 16.3. The summed E-state index contributed by atoms with van der Waals surface area (Å²) in [5.74, 6) is 2.24. The zero-order chi connectivity index (χ0) is 19.9. The highest BCUT2D eigenvalue weighted by molar-refractivity contribution is 5.54. The molecule has 1 N–H and O–H groups in total. The van der Waals surface area contributed by atoms with Gasteiger partial charge in [-0.1, -0.05) is 0 Å². The van der Waals surface area contributed by atoms with E-state index >= 15 is 0 Å². The van der Waals surface area contributed by atoms with Gasteiger partial charge < -0.3 is 19.5 Å². The van der Waals surface area contributed by atoms with Crippen molar-refractivity contribution in [2.24, 2.45) is 0 Å². The first kappa shape index (κ1) is 19.9. The lowest BCUT2D eigenvalue weighted by Crippen LogP contribution is -2.53. The lowest BCUT2D eigenvalue weighted by molar-refractivity contribution is 0.135. The number of ether oxygens (including phenoxy) is 2. The third-order valence-electron chi connectivity index (χ3n) is 5.07. The summed E-state index contributed by atoms with van der Waals surface area (Å²) in [6, 6.07) is 11.8.